The maximum Gasteiger partial charge on any atom is 0.253 e. The number of nitrogens with zero attached hydrogens (tertiary/aromatic N) is 2. The van der Waals surface area contributed by atoms with Crippen molar-refractivity contribution in [2.75, 3.05) is 33.2 Å². The maximum absolute atomic E-state index is 12.4. The number of carbonyl (C=O) groups excluding carboxylic acids is 1. The highest BCUT2D eigenvalue weighted by Crippen LogP contribution is 2.15. The van der Waals surface area contributed by atoms with Gasteiger partial charge in [-0.15, -0.1) is 24.8 Å². The number of benzene rings is 1. The Morgan fingerprint density at radius 2 is 1.85 bits per heavy atom. The van der Waals surface area contributed by atoms with Crippen molar-refractivity contribution in [3.63, 3.8) is 0 Å². The van der Waals surface area contributed by atoms with E-state index in [4.69, 9.17) is 0 Å². The Bertz CT molecular complexity index is 611. The molecule has 1 aromatic carbocycles. The molecule has 26 heavy (non-hydrogen) atoms. The van der Waals surface area contributed by atoms with Gasteiger partial charge in [0, 0.05) is 50.5 Å². The van der Waals surface area contributed by atoms with Crippen LogP contribution in [0.4, 0.5) is 0 Å². The quantitative estimate of drug-likeness (QED) is 0.825. The second-order valence-electron chi connectivity index (χ2n) is 6.60. The second-order valence-corrected chi connectivity index (χ2v) is 6.60. The third-order valence-corrected chi connectivity index (χ3v) is 4.91. The van der Waals surface area contributed by atoms with E-state index in [2.05, 4.69) is 35.5 Å². The number of carbonyl (C=O) groups is 1. The Morgan fingerprint density at radius 3 is 2.50 bits per heavy atom. The molecule has 1 fully saturated rings. The molecule has 0 bridgehead atoms. The number of rotatable bonds is 5. The summed E-state index contributed by atoms with van der Waals surface area (Å²) in [6.45, 7) is 3.70. The van der Waals surface area contributed by atoms with E-state index < -0.39 is 0 Å². The normalized spacial score (nSPS) is 17.2. The molecule has 0 aliphatic carbocycles. The molecule has 0 spiro atoms. The summed E-state index contributed by atoms with van der Waals surface area (Å²) >= 11 is 0. The smallest absolute Gasteiger partial charge is 0.253 e. The van der Waals surface area contributed by atoms with E-state index in [0.717, 1.165) is 51.0 Å². The molecule has 0 aromatic heterocycles. The average Bonchev–Trinajstić information content (AvgIpc) is 2.64. The standard InChI is InChI=1S/C20H27N3O.2ClH/c1-22-14-6-5-9-19(22)10-13-21-18-11-15-23(16-12-18)20(24)17-7-3-2-4-8-17;;/h2-9,18,21H,10-16H2,1H3;2*1H. The van der Waals surface area contributed by atoms with E-state index in [-0.39, 0.29) is 30.7 Å². The van der Waals surface area contributed by atoms with Crippen molar-refractivity contribution in [3.8, 4) is 0 Å². The first-order valence-electron chi connectivity index (χ1n) is 8.88. The van der Waals surface area contributed by atoms with Crippen molar-refractivity contribution in [2.24, 2.45) is 0 Å². The van der Waals surface area contributed by atoms with Crippen molar-refractivity contribution in [1.29, 1.82) is 0 Å². The fourth-order valence-corrected chi connectivity index (χ4v) is 3.37. The average molecular weight is 398 g/mol. The second kappa shape index (κ2) is 11.3. The van der Waals surface area contributed by atoms with Gasteiger partial charge in [-0.1, -0.05) is 30.4 Å². The van der Waals surface area contributed by atoms with Gasteiger partial charge in [0.1, 0.15) is 0 Å². The van der Waals surface area contributed by atoms with E-state index in [1.165, 1.54) is 5.70 Å². The molecule has 1 aromatic rings. The number of likely N-dealkylation sites (tertiary alicyclic amines) is 1. The Morgan fingerprint density at radius 1 is 1.15 bits per heavy atom. The molecule has 3 rings (SSSR count). The van der Waals surface area contributed by atoms with Gasteiger partial charge >= 0.3 is 0 Å². The molecule has 0 atom stereocenters. The van der Waals surface area contributed by atoms with E-state index in [9.17, 15) is 4.79 Å². The Hall–Kier alpha value is -1.49. The zero-order chi connectivity index (χ0) is 16.8. The highest BCUT2D eigenvalue weighted by molar-refractivity contribution is 5.94. The number of hydrogen-bond acceptors (Lipinski definition) is 3. The molecular formula is C20H29Cl2N3O. The van der Waals surface area contributed by atoms with Gasteiger partial charge in [0.05, 0.1) is 0 Å². The van der Waals surface area contributed by atoms with E-state index in [1.807, 2.05) is 35.2 Å². The predicted molar refractivity (Wildman–Crippen MR) is 112 cm³/mol. The molecule has 144 valence electrons. The van der Waals surface area contributed by atoms with Crippen LogP contribution in [0.2, 0.25) is 0 Å². The zero-order valence-corrected chi connectivity index (χ0v) is 16.9. The highest BCUT2D eigenvalue weighted by atomic mass is 35.5. The van der Waals surface area contributed by atoms with Crippen LogP contribution < -0.4 is 5.32 Å². The molecule has 1 amide bonds. The van der Waals surface area contributed by atoms with E-state index in [0.29, 0.717) is 6.04 Å². The summed E-state index contributed by atoms with van der Waals surface area (Å²) in [6, 6.07) is 10.1. The van der Waals surface area contributed by atoms with Crippen LogP contribution in [0.3, 0.4) is 0 Å². The largest absolute Gasteiger partial charge is 0.374 e. The van der Waals surface area contributed by atoms with Crippen molar-refractivity contribution in [3.05, 3.63) is 59.8 Å². The Kier molecular flexibility index (Phi) is 9.78. The lowest BCUT2D eigenvalue weighted by atomic mass is 10.0. The van der Waals surface area contributed by atoms with Crippen LogP contribution in [0.15, 0.2) is 54.3 Å². The third kappa shape index (κ3) is 6.04. The van der Waals surface area contributed by atoms with Crippen LogP contribution in [-0.4, -0.2) is 55.0 Å². The summed E-state index contributed by atoms with van der Waals surface area (Å²) in [5.74, 6) is 0.162. The van der Waals surface area contributed by atoms with Gasteiger partial charge in [0.15, 0.2) is 0 Å². The van der Waals surface area contributed by atoms with Gasteiger partial charge in [-0.2, -0.15) is 0 Å². The number of amides is 1. The summed E-state index contributed by atoms with van der Waals surface area (Å²) in [5, 5.41) is 3.66. The summed E-state index contributed by atoms with van der Waals surface area (Å²) in [6.07, 6.45) is 9.65. The summed E-state index contributed by atoms with van der Waals surface area (Å²) in [4.78, 5) is 16.7. The first-order valence-corrected chi connectivity index (χ1v) is 8.88. The molecule has 2 aliphatic rings. The number of piperidine rings is 1. The molecule has 2 aliphatic heterocycles. The van der Waals surface area contributed by atoms with Gasteiger partial charge in [0.2, 0.25) is 0 Å². The summed E-state index contributed by atoms with van der Waals surface area (Å²) in [7, 11) is 2.14. The van der Waals surface area contributed by atoms with Gasteiger partial charge < -0.3 is 15.1 Å². The topological polar surface area (TPSA) is 35.6 Å². The number of halogens is 2. The zero-order valence-electron chi connectivity index (χ0n) is 15.3. The molecule has 2 heterocycles. The van der Waals surface area contributed by atoms with Crippen molar-refractivity contribution in [2.45, 2.75) is 25.3 Å². The summed E-state index contributed by atoms with van der Waals surface area (Å²) < 4.78 is 0. The van der Waals surface area contributed by atoms with E-state index >= 15 is 0 Å². The molecule has 0 saturated carbocycles. The van der Waals surface area contributed by atoms with Crippen LogP contribution in [0.25, 0.3) is 0 Å². The van der Waals surface area contributed by atoms with E-state index in [1.54, 1.807) is 0 Å². The number of allylic oxidation sites excluding steroid dienone is 2. The van der Waals surface area contributed by atoms with Gasteiger partial charge in [-0.05, 0) is 37.5 Å². The lowest BCUT2D eigenvalue weighted by Gasteiger charge is -2.33. The summed E-state index contributed by atoms with van der Waals surface area (Å²) in [5.41, 5.74) is 2.19. The number of hydrogen-bond donors (Lipinski definition) is 1. The highest BCUT2D eigenvalue weighted by Gasteiger charge is 2.23. The van der Waals surface area contributed by atoms with Crippen LogP contribution in [0, 0.1) is 0 Å². The van der Waals surface area contributed by atoms with Gasteiger partial charge in [-0.25, -0.2) is 0 Å². The molecule has 1 saturated heterocycles. The Labute approximate surface area is 169 Å². The minimum atomic E-state index is 0. The van der Waals surface area contributed by atoms with Crippen molar-refractivity contribution < 1.29 is 4.79 Å². The van der Waals surface area contributed by atoms with Crippen LogP contribution >= 0.6 is 24.8 Å². The SMILES string of the molecule is CN1CC=CC=C1CCNC1CCN(C(=O)c2ccccc2)CC1.Cl.Cl. The molecular weight excluding hydrogens is 369 g/mol. The third-order valence-electron chi connectivity index (χ3n) is 4.91. The lowest BCUT2D eigenvalue weighted by Crippen LogP contribution is -2.45. The lowest BCUT2D eigenvalue weighted by molar-refractivity contribution is 0.0705. The maximum atomic E-state index is 12.4. The number of nitrogens with one attached hydrogen (secondary N) is 1. The number of likely N-dealkylation sites (N-methyl/N-ethyl adjacent to an activating group) is 1. The molecule has 1 N–H and O–H groups in total. The van der Waals surface area contributed by atoms with Crippen LogP contribution in [-0.2, 0) is 0 Å². The Balaban J connectivity index is 0.00000169. The minimum Gasteiger partial charge on any atom is -0.374 e. The van der Waals surface area contributed by atoms with Gasteiger partial charge in [0.25, 0.3) is 5.91 Å². The van der Waals surface area contributed by atoms with Crippen LogP contribution in [0.5, 0.6) is 0 Å². The molecule has 6 heteroatoms. The first-order chi connectivity index (χ1) is 11.7. The molecule has 0 unspecified atom stereocenters. The van der Waals surface area contributed by atoms with Crippen molar-refractivity contribution in [1.82, 2.24) is 15.1 Å². The fourth-order valence-electron chi connectivity index (χ4n) is 3.37. The first kappa shape index (κ1) is 22.6. The monoisotopic (exact) mass is 397 g/mol. The fraction of sp³-hybridized carbons (Fsp3) is 0.450. The predicted octanol–water partition coefficient (Wildman–Crippen LogP) is 3.50. The minimum absolute atomic E-state index is 0. The van der Waals surface area contributed by atoms with Crippen molar-refractivity contribution >= 4 is 30.7 Å². The van der Waals surface area contributed by atoms with Crippen LogP contribution in [0.1, 0.15) is 29.6 Å². The molecule has 0 radical (unpaired) electrons. The molecule has 4 nitrogen and oxygen atoms in total. The van der Waals surface area contributed by atoms with Gasteiger partial charge in [-0.3, -0.25) is 4.79 Å².